The van der Waals surface area contributed by atoms with Crippen LogP contribution in [0.25, 0.3) is 32.7 Å². The highest BCUT2D eigenvalue weighted by atomic mass is 14.1. The smallest absolute Gasteiger partial charge is 0.0175 e. The van der Waals surface area contributed by atoms with Crippen molar-refractivity contribution < 1.29 is 0 Å². The fraction of sp³-hybridized carbons (Fsp3) is 0.0476. The molecule has 0 heteroatoms. The Balaban J connectivity index is 1.90. The predicted molar refractivity (Wildman–Crippen MR) is 91.6 cm³/mol. The highest BCUT2D eigenvalue weighted by molar-refractivity contribution is 5.91. The first-order chi connectivity index (χ1) is 10.3. The number of fused-ring (bicyclic) bond motifs is 2. The lowest BCUT2D eigenvalue weighted by atomic mass is 9.98. The maximum Gasteiger partial charge on any atom is -0.0175 e. The minimum atomic E-state index is 1.28. The Morgan fingerprint density at radius 3 is 1.81 bits per heavy atom. The molecule has 0 atom stereocenters. The van der Waals surface area contributed by atoms with E-state index in [1.807, 2.05) is 0 Å². The second kappa shape index (κ2) is 4.75. The molecule has 0 saturated carbocycles. The molecule has 0 radical (unpaired) electrons. The summed E-state index contributed by atoms with van der Waals surface area (Å²) in [5.74, 6) is 0. The van der Waals surface area contributed by atoms with Crippen molar-refractivity contribution in [2.75, 3.05) is 0 Å². The van der Waals surface area contributed by atoms with Crippen LogP contribution in [-0.4, -0.2) is 0 Å². The Morgan fingerprint density at radius 2 is 1.05 bits per heavy atom. The lowest BCUT2D eigenvalue weighted by Gasteiger charge is -2.07. The molecule has 0 aromatic heterocycles. The maximum absolute atomic E-state index is 2.28. The van der Waals surface area contributed by atoms with Crippen molar-refractivity contribution in [1.29, 1.82) is 0 Å². The van der Waals surface area contributed by atoms with E-state index in [2.05, 4.69) is 85.8 Å². The van der Waals surface area contributed by atoms with Crippen molar-refractivity contribution in [3.05, 3.63) is 84.4 Å². The van der Waals surface area contributed by atoms with Crippen molar-refractivity contribution in [2.24, 2.45) is 0 Å². The zero-order valence-electron chi connectivity index (χ0n) is 12.0. The standard InChI is InChI=1S/C21H16/c1-15-6-7-17-9-11-20(14-21(17)12-15)19-10-8-16-4-2-3-5-18(16)13-19/h2-14H,1H3. The molecule has 0 heterocycles. The van der Waals surface area contributed by atoms with Gasteiger partial charge in [0.2, 0.25) is 0 Å². The van der Waals surface area contributed by atoms with Gasteiger partial charge in [0.25, 0.3) is 0 Å². The van der Waals surface area contributed by atoms with Crippen LogP contribution in [0.15, 0.2) is 78.9 Å². The normalized spacial score (nSPS) is 11.1. The van der Waals surface area contributed by atoms with Crippen LogP contribution in [0, 0.1) is 6.92 Å². The van der Waals surface area contributed by atoms with Gasteiger partial charge in [-0.15, -0.1) is 0 Å². The van der Waals surface area contributed by atoms with E-state index in [9.17, 15) is 0 Å². The molecule has 4 rings (SSSR count). The minimum absolute atomic E-state index is 1.28. The van der Waals surface area contributed by atoms with E-state index in [1.165, 1.54) is 38.2 Å². The predicted octanol–water partition coefficient (Wildman–Crippen LogP) is 5.97. The number of hydrogen-bond acceptors (Lipinski definition) is 0. The van der Waals surface area contributed by atoms with Gasteiger partial charge in [-0.3, -0.25) is 0 Å². The van der Waals surface area contributed by atoms with Gasteiger partial charge in [-0.25, -0.2) is 0 Å². The molecule has 0 unspecified atom stereocenters. The fourth-order valence-electron chi connectivity index (χ4n) is 2.91. The van der Waals surface area contributed by atoms with E-state index in [-0.39, 0.29) is 0 Å². The number of rotatable bonds is 1. The largest absolute Gasteiger partial charge is 0.0616 e. The van der Waals surface area contributed by atoms with Crippen LogP contribution in [0.5, 0.6) is 0 Å². The van der Waals surface area contributed by atoms with Gasteiger partial charge >= 0.3 is 0 Å². The summed E-state index contributed by atoms with van der Waals surface area (Å²) in [5, 5.41) is 5.18. The van der Waals surface area contributed by atoms with Crippen molar-refractivity contribution in [3.8, 4) is 11.1 Å². The minimum Gasteiger partial charge on any atom is -0.0616 e. The van der Waals surface area contributed by atoms with Crippen molar-refractivity contribution in [1.82, 2.24) is 0 Å². The van der Waals surface area contributed by atoms with Crippen molar-refractivity contribution in [3.63, 3.8) is 0 Å². The van der Waals surface area contributed by atoms with Crippen LogP contribution < -0.4 is 0 Å². The Labute approximate surface area is 124 Å². The van der Waals surface area contributed by atoms with Crippen LogP contribution in [0.2, 0.25) is 0 Å². The van der Waals surface area contributed by atoms with Gasteiger partial charge in [-0.1, -0.05) is 72.3 Å². The van der Waals surface area contributed by atoms with Gasteiger partial charge in [0.1, 0.15) is 0 Å². The van der Waals surface area contributed by atoms with Gasteiger partial charge in [-0.2, -0.15) is 0 Å². The van der Waals surface area contributed by atoms with Crippen LogP contribution in [0.4, 0.5) is 0 Å². The molecule has 21 heavy (non-hydrogen) atoms. The highest BCUT2D eigenvalue weighted by Gasteiger charge is 2.01. The first-order valence-electron chi connectivity index (χ1n) is 7.29. The zero-order valence-corrected chi connectivity index (χ0v) is 12.0. The Hall–Kier alpha value is -2.60. The van der Waals surface area contributed by atoms with E-state index >= 15 is 0 Å². The molecular formula is C21H16. The highest BCUT2D eigenvalue weighted by Crippen LogP contribution is 2.27. The Kier molecular flexibility index (Phi) is 2.75. The molecule has 0 aliphatic carbocycles. The van der Waals surface area contributed by atoms with E-state index in [1.54, 1.807) is 0 Å². The first kappa shape index (κ1) is 12.2. The van der Waals surface area contributed by atoms with E-state index in [0.29, 0.717) is 0 Å². The lowest BCUT2D eigenvalue weighted by Crippen LogP contribution is -1.81. The third-order valence-corrected chi connectivity index (χ3v) is 4.08. The summed E-state index contributed by atoms with van der Waals surface area (Å²) in [7, 11) is 0. The quantitative estimate of drug-likeness (QED) is 0.399. The first-order valence-corrected chi connectivity index (χ1v) is 7.29. The molecule has 0 fully saturated rings. The van der Waals surface area contributed by atoms with Crippen molar-refractivity contribution >= 4 is 21.5 Å². The lowest BCUT2D eigenvalue weighted by molar-refractivity contribution is 1.50. The van der Waals surface area contributed by atoms with E-state index in [0.717, 1.165) is 0 Å². The molecule has 4 aromatic rings. The topological polar surface area (TPSA) is 0 Å². The summed E-state index contributed by atoms with van der Waals surface area (Å²) in [6, 6.07) is 28.5. The average molecular weight is 268 g/mol. The average Bonchev–Trinajstić information content (AvgIpc) is 2.53. The summed E-state index contributed by atoms with van der Waals surface area (Å²) in [4.78, 5) is 0. The third-order valence-electron chi connectivity index (χ3n) is 4.08. The van der Waals surface area contributed by atoms with Crippen molar-refractivity contribution in [2.45, 2.75) is 6.92 Å². The molecule has 100 valence electrons. The third kappa shape index (κ3) is 2.19. The molecule has 0 aliphatic rings. The van der Waals surface area contributed by atoms with E-state index in [4.69, 9.17) is 0 Å². The molecule has 0 amide bonds. The molecule has 0 aliphatic heterocycles. The molecule has 0 nitrogen and oxygen atoms in total. The molecular weight excluding hydrogens is 252 g/mol. The van der Waals surface area contributed by atoms with E-state index < -0.39 is 0 Å². The fourth-order valence-corrected chi connectivity index (χ4v) is 2.91. The number of benzene rings is 4. The summed E-state index contributed by atoms with van der Waals surface area (Å²) in [5.41, 5.74) is 3.86. The Morgan fingerprint density at radius 1 is 0.476 bits per heavy atom. The molecule has 4 aromatic carbocycles. The summed E-state index contributed by atoms with van der Waals surface area (Å²) in [6.07, 6.45) is 0. The van der Waals surface area contributed by atoms with Crippen LogP contribution in [0.3, 0.4) is 0 Å². The summed E-state index contributed by atoms with van der Waals surface area (Å²) >= 11 is 0. The Bertz CT molecular complexity index is 948. The summed E-state index contributed by atoms with van der Waals surface area (Å²) in [6.45, 7) is 2.14. The SMILES string of the molecule is Cc1ccc2ccc(-c3ccc4ccccc4c3)cc2c1. The van der Waals surface area contributed by atoms with Crippen LogP contribution in [-0.2, 0) is 0 Å². The number of hydrogen-bond donors (Lipinski definition) is 0. The van der Waals surface area contributed by atoms with Gasteiger partial charge in [0.05, 0.1) is 0 Å². The molecule has 0 N–H and O–H groups in total. The van der Waals surface area contributed by atoms with Crippen LogP contribution >= 0.6 is 0 Å². The van der Waals surface area contributed by atoms with Crippen LogP contribution in [0.1, 0.15) is 5.56 Å². The maximum atomic E-state index is 2.28. The molecule has 0 spiro atoms. The van der Waals surface area contributed by atoms with Gasteiger partial charge in [0.15, 0.2) is 0 Å². The monoisotopic (exact) mass is 268 g/mol. The van der Waals surface area contributed by atoms with Gasteiger partial charge in [0, 0.05) is 0 Å². The summed E-state index contributed by atoms with van der Waals surface area (Å²) < 4.78 is 0. The number of aryl methyl sites for hydroxylation is 1. The zero-order chi connectivity index (χ0) is 14.2. The van der Waals surface area contributed by atoms with Gasteiger partial charge in [-0.05, 0) is 51.7 Å². The molecule has 0 saturated heterocycles. The van der Waals surface area contributed by atoms with Gasteiger partial charge < -0.3 is 0 Å². The second-order valence-electron chi connectivity index (χ2n) is 5.63. The molecule has 0 bridgehead atoms. The second-order valence-corrected chi connectivity index (χ2v) is 5.63.